The van der Waals surface area contributed by atoms with E-state index in [9.17, 15) is 9.59 Å². The van der Waals surface area contributed by atoms with Gasteiger partial charge in [-0.2, -0.15) is 0 Å². The van der Waals surface area contributed by atoms with Crippen molar-refractivity contribution in [1.29, 1.82) is 0 Å². The largest absolute Gasteiger partial charge is 0.452 e. The van der Waals surface area contributed by atoms with Crippen LogP contribution in [0.4, 0.5) is 5.69 Å². The highest BCUT2D eigenvalue weighted by atomic mass is 16.5. The number of anilines is 1. The molecule has 1 aliphatic rings. The van der Waals surface area contributed by atoms with Crippen LogP contribution in [-0.4, -0.2) is 18.0 Å². The third-order valence-electron chi connectivity index (χ3n) is 4.65. The van der Waals surface area contributed by atoms with Crippen molar-refractivity contribution in [1.82, 2.24) is 0 Å². The first-order chi connectivity index (χ1) is 11.6. The molecule has 4 heteroatoms. The number of rotatable bonds is 4. The van der Waals surface area contributed by atoms with Gasteiger partial charge < -0.3 is 10.1 Å². The number of benzene rings is 2. The summed E-state index contributed by atoms with van der Waals surface area (Å²) in [6.45, 7) is 1.63. The molecule has 1 fully saturated rings. The third kappa shape index (κ3) is 3.75. The van der Waals surface area contributed by atoms with Crippen molar-refractivity contribution in [2.24, 2.45) is 5.92 Å². The first kappa shape index (κ1) is 16.5. The average molecular weight is 325 g/mol. The molecule has 0 aliphatic heterocycles. The van der Waals surface area contributed by atoms with E-state index < -0.39 is 6.10 Å². The van der Waals surface area contributed by atoms with Gasteiger partial charge in [0.25, 0.3) is 5.91 Å². The lowest BCUT2D eigenvalue weighted by molar-refractivity contribution is -0.158. The summed E-state index contributed by atoms with van der Waals surface area (Å²) in [5.41, 5.74) is 0.735. The molecule has 1 aliphatic carbocycles. The lowest BCUT2D eigenvalue weighted by Gasteiger charge is -2.22. The normalized spacial score (nSPS) is 16.5. The summed E-state index contributed by atoms with van der Waals surface area (Å²) in [7, 11) is 0. The van der Waals surface area contributed by atoms with Crippen molar-refractivity contribution in [2.75, 3.05) is 5.32 Å². The molecule has 126 valence electrons. The van der Waals surface area contributed by atoms with Gasteiger partial charge in [0.05, 0.1) is 5.92 Å². The van der Waals surface area contributed by atoms with Crippen molar-refractivity contribution < 1.29 is 14.3 Å². The molecule has 0 heterocycles. The van der Waals surface area contributed by atoms with Gasteiger partial charge in [0.1, 0.15) is 0 Å². The van der Waals surface area contributed by atoms with Crippen LogP contribution in [0.2, 0.25) is 0 Å². The SMILES string of the molecule is CC(OC(=O)C1CCCCC1)C(=O)Nc1cccc2ccccc12. The maximum absolute atomic E-state index is 12.4. The Labute approximate surface area is 142 Å². The molecule has 0 radical (unpaired) electrons. The minimum absolute atomic E-state index is 0.0495. The number of carbonyl (C=O) groups is 2. The second kappa shape index (κ2) is 7.47. The van der Waals surface area contributed by atoms with Gasteiger partial charge in [-0.25, -0.2) is 0 Å². The van der Waals surface area contributed by atoms with Crippen molar-refractivity contribution in [3.63, 3.8) is 0 Å². The quantitative estimate of drug-likeness (QED) is 0.853. The highest BCUT2D eigenvalue weighted by Crippen LogP contribution is 2.26. The molecule has 2 aromatic carbocycles. The minimum atomic E-state index is -0.793. The van der Waals surface area contributed by atoms with E-state index in [1.807, 2.05) is 42.5 Å². The molecule has 0 bridgehead atoms. The third-order valence-corrected chi connectivity index (χ3v) is 4.65. The van der Waals surface area contributed by atoms with Crippen LogP contribution in [0.25, 0.3) is 10.8 Å². The lowest BCUT2D eigenvalue weighted by Crippen LogP contribution is -2.32. The van der Waals surface area contributed by atoms with Crippen LogP contribution in [-0.2, 0) is 14.3 Å². The summed E-state index contributed by atoms with van der Waals surface area (Å²) in [6, 6.07) is 13.6. The lowest BCUT2D eigenvalue weighted by atomic mass is 9.89. The number of esters is 1. The van der Waals surface area contributed by atoms with Crippen LogP contribution in [0.5, 0.6) is 0 Å². The van der Waals surface area contributed by atoms with Crippen LogP contribution in [0.1, 0.15) is 39.0 Å². The van der Waals surface area contributed by atoms with E-state index in [0.29, 0.717) is 0 Å². The molecular formula is C20H23NO3. The first-order valence-corrected chi connectivity index (χ1v) is 8.64. The van der Waals surface area contributed by atoms with Gasteiger partial charge >= 0.3 is 5.97 Å². The van der Waals surface area contributed by atoms with Gasteiger partial charge in [0, 0.05) is 11.1 Å². The van der Waals surface area contributed by atoms with Crippen molar-refractivity contribution in [3.8, 4) is 0 Å². The predicted molar refractivity (Wildman–Crippen MR) is 94.7 cm³/mol. The van der Waals surface area contributed by atoms with E-state index in [1.54, 1.807) is 6.92 Å². The first-order valence-electron chi connectivity index (χ1n) is 8.64. The van der Waals surface area contributed by atoms with E-state index >= 15 is 0 Å². The molecule has 1 atom stereocenters. The predicted octanol–water partition coefficient (Wildman–Crippen LogP) is 4.29. The number of fused-ring (bicyclic) bond motifs is 1. The minimum Gasteiger partial charge on any atom is -0.452 e. The molecule has 1 unspecified atom stereocenters. The van der Waals surface area contributed by atoms with Crippen LogP contribution in [0, 0.1) is 5.92 Å². The van der Waals surface area contributed by atoms with Gasteiger partial charge in [0.15, 0.2) is 6.10 Å². The van der Waals surface area contributed by atoms with Gasteiger partial charge in [-0.05, 0) is 31.2 Å². The number of ether oxygens (including phenoxy) is 1. The molecule has 24 heavy (non-hydrogen) atoms. The molecule has 1 saturated carbocycles. The Morgan fingerprint density at radius 1 is 1.04 bits per heavy atom. The van der Waals surface area contributed by atoms with Gasteiger partial charge in [0.2, 0.25) is 0 Å². The van der Waals surface area contributed by atoms with E-state index in [2.05, 4.69) is 5.32 Å². The van der Waals surface area contributed by atoms with Crippen molar-refractivity contribution in [2.45, 2.75) is 45.1 Å². The molecule has 1 N–H and O–H groups in total. The number of nitrogens with one attached hydrogen (secondary N) is 1. The smallest absolute Gasteiger partial charge is 0.309 e. The Morgan fingerprint density at radius 2 is 1.75 bits per heavy atom. The zero-order chi connectivity index (χ0) is 16.9. The van der Waals surface area contributed by atoms with Crippen LogP contribution in [0.3, 0.4) is 0 Å². The number of hydrogen-bond acceptors (Lipinski definition) is 3. The number of amides is 1. The molecular weight excluding hydrogens is 302 g/mol. The average Bonchev–Trinajstić information content (AvgIpc) is 2.62. The molecule has 0 aromatic heterocycles. The van der Waals surface area contributed by atoms with Gasteiger partial charge in [-0.15, -0.1) is 0 Å². The molecule has 0 spiro atoms. The van der Waals surface area contributed by atoms with Crippen LogP contribution < -0.4 is 5.32 Å². The zero-order valence-electron chi connectivity index (χ0n) is 14.0. The summed E-state index contributed by atoms with van der Waals surface area (Å²) >= 11 is 0. The van der Waals surface area contributed by atoms with E-state index in [0.717, 1.165) is 42.1 Å². The molecule has 1 amide bonds. The van der Waals surface area contributed by atoms with E-state index in [4.69, 9.17) is 4.74 Å². The fraction of sp³-hybridized carbons (Fsp3) is 0.400. The highest BCUT2D eigenvalue weighted by Gasteiger charge is 2.26. The Morgan fingerprint density at radius 3 is 2.54 bits per heavy atom. The summed E-state index contributed by atoms with van der Waals surface area (Å²) < 4.78 is 5.38. The standard InChI is InChI=1S/C20H23NO3/c1-14(24-20(23)16-9-3-2-4-10-16)19(22)21-18-13-7-11-15-8-5-6-12-17(15)18/h5-8,11-14,16H,2-4,9-10H2,1H3,(H,21,22). The highest BCUT2D eigenvalue weighted by molar-refractivity contribution is 6.03. The zero-order valence-corrected chi connectivity index (χ0v) is 14.0. The monoisotopic (exact) mass is 325 g/mol. The topological polar surface area (TPSA) is 55.4 Å². The van der Waals surface area contributed by atoms with Gasteiger partial charge in [-0.3, -0.25) is 9.59 Å². The summed E-state index contributed by atoms with van der Waals surface area (Å²) in [6.07, 6.45) is 4.26. The Bertz CT molecular complexity index is 729. The Hall–Kier alpha value is -2.36. The second-order valence-corrected chi connectivity index (χ2v) is 6.43. The van der Waals surface area contributed by atoms with E-state index in [1.165, 1.54) is 6.42 Å². The molecule has 0 saturated heterocycles. The summed E-state index contributed by atoms with van der Waals surface area (Å²) in [4.78, 5) is 24.6. The second-order valence-electron chi connectivity index (χ2n) is 6.43. The Kier molecular flexibility index (Phi) is 5.14. The number of carbonyl (C=O) groups excluding carboxylic acids is 2. The van der Waals surface area contributed by atoms with Crippen molar-refractivity contribution >= 4 is 28.3 Å². The van der Waals surface area contributed by atoms with Crippen molar-refractivity contribution in [3.05, 3.63) is 42.5 Å². The molecule has 2 aromatic rings. The van der Waals surface area contributed by atoms with E-state index in [-0.39, 0.29) is 17.8 Å². The Balaban J connectivity index is 1.64. The van der Waals surface area contributed by atoms with Crippen LogP contribution >= 0.6 is 0 Å². The number of hydrogen-bond donors (Lipinski definition) is 1. The van der Waals surface area contributed by atoms with Gasteiger partial charge in [-0.1, -0.05) is 55.7 Å². The fourth-order valence-electron chi connectivity index (χ4n) is 3.23. The summed E-state index contributed by atoms with van der Waals surface area (Å²) in [5.74, 6) is -0.586. The molecule has 3 rings (SSSR count). The maximum Gasteiger partial charge on any atom is 0.309 e. The molecule has 4 nitrogen and oxygen atoms in total. The van der Waals surface area contributed by atoms with Crippen LogP contribution in [0.15, 0.2) is 42.5 Å². The fourth-order valence-corrected chi connectivity index (χ4v) is 3.23. The maximum atomic E-state index is 12.4. The summed E-state index contributed by atoms with van der Waals surface area (Å²) in [5, 5.41) is 4.91.